The molecule has 1 nitrogen and oxygen atoms in total. The van der Waals surface area contributed by atoms with Crippen LogP contribution < -0.4 is 0 Å². The van der Waals surface area contributed by atoms with Crippen molar-refractivity contribution in [2.45, 2.75) is 46.6 Å². The van der Waals surface area contributed by atoms with Crippen LogP contribution in [0.1, 0.15) is 29.7 Å². The minimum absolute atomic E-state index is 0.235. The van der Waals surface area contributed by atoms with Gasteiger partial charge in [-0.2, -0.15) is 0 Å². The molecule has 0 aliphatic carbocycles. The second-order valence-electron chi connectivity index (χ2n) is 6.88. The fourth-order valence-electron chi connectivity index (χ4n) is 2.65. The zero-order valence-corrected chi connectivity index (χ0v) is 29.7. The highest BCUT2D eigenvalue weighted by molar-refractivity contribution is 6.81. The van der Waals surface area contributed by atoms with E-state index in [2.05, 4.69) is 0 Å². The van der Waals surface area contributed by atoms with E-state index in [1.54, 1.807) is 0 Å². The first kappa shape index (κ1) is 37.4. The zero-order valence-electron chi connectivity index (χ0n) is 16.1. The number of hydrogen-bond acceptors (Lipinski definition) is 1. The van der Waals surface area contributed by atoms with Gasteiger partial charge in [0, 0.05) is 0 Å². The lowest BCUT2D eigenvalue weighted by Crippen LogP contribution is -2.56. The third-order valence-corrected chi connectivity index (χ3v) is 15.4. The average molecular weight is 854 g/mol. The summed E-state index contributed by atoms with van der Waals surface area (Å²) in [5, 5.41) is 10.7. The molecule has 0 heterocycles. The van der Waals surface area contributed by atoms with Crippen LogP contribution in [0.2, 0.25) is 0 Å². The normalized spacial score (nSPS) is 16.5. The summed E-state index contributed by atoms with van der Waals surface area (Å²) in [5.41, 5.74) is -0.769. The van der Waals surface area contributed by atoms with E-state index < -0.39 is 39.7 Å². The molecule has 0 bridgehead atoms. The van der Waals surface area contributed by atoms with Crippen LogP contribution in [0.25, 0.3) is 0 Å². The van der Waals surface area contributed by atoms with Gasteiger partial charge in [0.25, 0.3) is 0 Å². The van der Waals surface area contributed by atoms with E-state index in [0.29, 0.717) is 0 Å². The zero-order chi connectivity index (χ0) is 28.4. The topological polar surface area (TPSA) is 20.2 Å². The Morgan fingerprint density at radius 3 is 0.971 bits per heavy atom. The van der Waals surface area contributed by atoms with Crippen LogP contribution in [0.15, 0.2) is 18.2 Å². The molecular formula is C16H8Cl18O. The maximum absolute atomic E-state index is 10.7. The predicted molar refractivity (Wildman–Crippen MR) is 162 cm³/mol. The Morgan fingerprint density at radius 1 is 0.514 bits per heavy atom. The molecule has 0 amide bonds. The van der Waals surface area contributed by atoms with Gasteiger partial charge in [0.15, 0.2) is 17.3 Å². The molecule has 1 atom stereocenters. The second-order valence-corrected chi connectivity index (χ2v) is 19.4. The Morgan fingerprint density at radius 2 is 0.771 bits per heavy atom. The lowest BCUT2D eigenvalue weighted by atomic mass is 9.89. The Bertz CT molecular complexity index is 855. The quantitative estimate of drug-likeness (QED) is 0.271. The first-order chi connectivity index (χ1) is 15.0. The van der Waals surface area contributed by atoms with Gasteiger partial charge in [-0.1, -0.05) is 227 Å². The number of aliphatic hydroxyl groups excluding tert-OH is 1. The maximum atomic E-state index is 10.7. The molecule has 0 radical (unpaired) electrons. The molecule has 1 rings (SSSR count). The van der Waals surface area contributed by atoms with Crippen molar-refractivity contribution >= 4 is 209 Å². The van der Waals surface area contributed by atoms with Gasteiger partial charge < -0.3 is 5.11 Å². The van der Waals surface area contributed by atoms with Crippen molar-refractivity contribution in [3.63, 3.8) is 0 Å². The average Bonchev–Trinajstić information content (AvgIpc) is 2.64. The van der Waals surface area contributed by atoms with Crippen molar-refractivity contribution in [1.29, 1.82) is 0 Å². The van der Waals surface area contributed by atoms with Crippen LogP contribution in [0.3, 0.4) is 0 Å². The van der Waals surface area contributed by atoms with Gasteiger partial charge >= 0.3 is 0 Å². The lowest BCUT2D eigenvalue weighted by Gasteiger charge is -2.46. The number of alkyl halides is 18. The van der Waals surface area contributed by atoms with Gasteiger partial charge in [-0.3, -0.25) is 0 Å². The van der Waals surface area contributed by atoms with E-state index in [4.69, 9.17) is 209 Å². The Hall–Kier alpha value is 4.40. The van der Waals surface area contributed by atoms with Crippen LogP contribution in [-0.4, -0.2) is 30.0 Å². The molecule has 19 heteroatoms. The molecule has 0 saturated carbocycles. The summed E-state index contributed by atoms with van der Waals surface area (Å²) < 4.78 is -20.8. The standard InChI is InChI=1S/C16H8Cl18O/c1-5(35)8-6(9(17,18)11(21,22)13(25,26)15(29,30)31)3-2-4-7(8)10(19,20)12(23,24)14(27,28)16(32,33)34/h2-5,35H,1H3. The molecule has 204 valence electrons. The molecule has 35 heavy (non-hydrogen) atoms. The van der Waals surface area contributed by atoms with Crippen molar-refractivity contribution in [3.05, 3.63) is 34.9 Å². The lowest BCUT2D eigenvalue weighted by molar-refractivity contribution is 0.196. The molecule has 0 aliphatic heterocycles. The van der Waals surface area contributed by atoms with E-state index in [1.165, 1.54) is 25.1 Å². The smallest absolute Gasteiger partial charge is 0.226 e. The van der Waals surface area contributed by atoms with Crippen LogP contribution in [-0.2, 0) is 8.67 Å². The largest absolute Gasteiger partial charge is 0.389 e. The molecule has 0 fully saturated rings. The van der Waals surface area contributed by atoms with E-state index in [1.807, 2.05) is 0 Å². The number of halogens is 18. The highest BCUT2D eigenvalue weighted by atomic mass is 35.6. The van der Waals surface area contributed by atoms with Crippen molar-refractivity contribution in [1.82, 2.24) is 0 Å². The summed E-state index contributed by atoms with van der Waals surface area (Å²) in [6.07, 6.45) is -1.48. The van der Waals surface area contributed by atoms with Gasteiger partial charge in [-0.25, -0.2) is 0 Å². The summed E-state index contributed by atoms with van der Waals surface area (Å²) in [4.78, 5) is 0. The third-order valence-electron chi connectivity index (χ3n) is 4.49. The highest BCUT2D eigenvalue weighted by Gasteiger charge is 2.71. The fourth-order valence-corrected chi connectivity index (χ4v) is 7.24. The van der Waals surface area contributed by atoms with Gasteiger partial charge in [0.1, 0.15) is 0 Å². The minimum atomic E-state index is -2.69. The molecule has 1 N–H and O–H groups in total. The first-order valence-electron chi connectivity index (χ1n) is 8.27. The monoisotopic (exact) mass is 845 g/mol. The molecule has 0 spiro atoms. The van der Waals surface area contributed by atoms with E-state index >= 15 is 0 Å². The highest BCUT2D eigenvalue weighted by Crippen LogP contribution is 2.68. The van der Waals surface area contributed by atoms with E-state index in [9.17, 15) is 5.11 Å². The number of benzene rings is 1. The van der Waals surface area contributed by atoms with Gasteiger partial charge in [0.2, 0.25) is 16.3 Å². The van der Waals surface area contributed by atoms with Crippen molar-refractivity contribution in [3.8, 4) is 0 Å². The predicted octanol–water partition coefficient (Wildman–Crippen LogP) is 12.4. The van der Waals surface area contributed by atoms with Gasteiger partial charge in [0.05, 0.1) is 6.10 Å². The van der Waals surface area contributed by atoms with Crippen LogP contribution in [0, 0.1) is 0 Å². The van der Waals surface area contributed by atoms with Gasteiger partial charge in [-0.05, 0) is 23.6 Å². The summed E-state index contributed by atoms with van der Waals surface area (Å²) in [6, 6.07) is 3.80. The van der Waals surface area contributed by atoms with Crippen molar-refractivity contribution in [2.75, 3.05) is 0 Å². The van der Waals surface area contributed by atoms with Gasteiger partial charge in [-0.15, -0.1) is 0 Å². The molecular weight excluding hydrogens is 846 g/mol. The molecule has 0 aromatic heterocycles. The SMILES string of the molecule is CC(O)c1c(C(Cl)(Cl)C(Cl)(Cl)C(Cl)(Cl)C(Cl)(Cl)Cl)cccc1C(Cl)(Cl)C(Cl)(Cl)C(Cl)(Cl)C(Cl)(Cl)Cl. The van der Waals surface area contributed by atoms with E-state index in [-0.39, 0.29) is 16.7 Å². The summed E-state index contributed by atoms with van der Waals surface area (Å²) >= 11 is 112. The third kappa shape index (κ3) is 6.51. The number of aliphatic hydroxyl groups is 1. The fraction of sp³-hybridized carbons (Fsp3) is 0.625. The van der Waals surface area contributed by atoms with Crippen LogP contribution >= 0.6 is 209 Å². The summed E-state index contributed by atoms with van der Waals surface area (Å²) in [5.74, 6) is 0. The van der Waals surface area contributed by atoms with Crippen molar-refractivity contribution < 1.29 is 5.11 Å². The molecule has 1 unspecified atom stereocenters. The van der Waals surface area contributed by atoms with E-state index in [0.717, 1.165) is 0 Å². The van der Waals surface area contributed by atoms with Crippen LogP contribution in [0.4, 0.5) is 0 Å². The maximum Gasteiger partial charge on any atom is 0.226 e. The van der Waals surface area contributed by atoms with Crippen LogP contribution in [0.5, 0.6) is 0 Å². The summed E-state index contributed by atoms with van der Waals surface area (Å²) in [7, 11) is 0. The minimum Gasteiger partial charge on any atom is -0.389 e. The Labute approximate surface area is 291 Å². The molecule has 1 aromatic carbocycles. The second kappa shape index (κ2) is 11.8. The summed E-state index contributed by atoms with van der Waals surface area (Å²) in [6.45, 7) is 1.26. The molecule has 0 saturated heterocycles. The Kier molecular flexibility index (Phi) is 12.6. The molecule has 1 aromatic rings. The number of rotatable bonds is 7. The molecule has 0 aliphatic rings. The first-order valence-corrected chi connectivity index (χ1v) is 15.1. The van der Waals surface area contributed by atoms with Crippen molar-refractivity contribution in [2.24, 2.45) is 0 Å². The number of hydrogen-bond donors (Lipinski definition) is 1. The Balaban J connectivity index is 4.04.